The molecular formula is C30H40O6. The van der Waals surface area contributed by atoms with Gasteiger partial charge in [0.05, 0.1) is 25.4 Å². The molecule has 196 valence electrons. The second-order valence-electron chi connectivity index (χ2n) is 10.1. The van der Waals surface area contributed by atoms with E-state index >= 15 is 0 Å². The Kier molecular flexibility index (Phi) is 9.68. The zero-order valence-electron chi connectivity index (χ0n) is 21.6. The third-order valence-corrected chi connectivity index (χ3v) is 7.00. The zero-order chi connectivity index (χ0) is 25.3. The Morgan fingerprint density at radius 1 is 0.833 bits per heavy atom. The highest BCUT2D eigenvalue weighted by Crippen LogP contribution is 2.48. The standard InChI is InChI=1S/C30H40O6/c1-3-4-5-6-13-18-32-26-19-30(20-27(26)33-21-24-14-9-7-10-15-24)35-28(29(2,23-31)36-30)34-22-25-16-11-8-12-17-25/h7-12,14-17,23,26-28H,3-6,13,18-22H2,1-2H3/t26-,27-,28?,29?,30-/m1/s1. The highest BCUT2D eigenvalue weighted by atomic mass is 16.8. The largest absolute Gasteiger partial charge is 0.375 e. The Morgan fingerprint density at radius 2 is 1.42 bits per heavy atom. The third kappa shape index (κ3) is 7.02. The van der Waals surface area contributed by atoms with Crippen LogP contribution < -0.4 is 0 Å². The van der Waals surface area contributed by atoms with Gasteiger partial charge in [0.1, 0.15) is 0 Å². The van der Waals surface area contributed by atoms with Crippen LogP contribution in [-0.4, -0.2) is 42.8 Å². The van der Waals surface area contributed by atoms with Crippen LogP contribution in [0.4, 0.5) is 0 Å². The van der Waals surface area contributed by atoms with Gasteiger partial charge in [0.25, 0.3) is 0 Å². The van der Waals surface area contributed by atoms with Crippen LogP contribution in [0.1, 0.15) is 69.9 Å². The Balaban J connectivity index is 1.40. The van der Waals surface area contributed by atoms with Crippen LogP contribution in [0.15, 0.2) is 60.7 Å². The van der Waals surface area contributed by atoms with Crippen molar-refractivity contribution in [3.63, 3.8) is 0 Å². The van der Waals surface area contributed by atoms with Gasteiger partial charge >= 0.3 is 0 Å². The quantitative estimate of drug-likeness (QED) is 0.237. The Morgan fingerprint density at radius 3 is 2.03 bits per heavy atom. The molecule has 1 spiro atoms. The number of aldehydes is 1. The maximum absolute atomic E-state index is 12.1. The van der Waals surface area contributed by atoms with Crippen LogP contribution in [0.2, 0.25) is 0 Å². The van der Waals surface area contributed by atoms with E-state index < -0.39 is 17.7 Å². The predicted molar refractivity (Wildman–Crippen MR) is 137 cm³/mol. The highest BCUT2D eigenvalue weighted by molar-refractivity contribution is 5.63. The first kappa shape index (κ1) is 27.0. The summed E-state index contributed by atoms with van der Waals surface area (Å²) in [7, 11) is 0. The van der Waals surface area contributed by atoms with E-state index in [-0.39, 0.29) is 12.2 Å². The maximum atomic E-state index is 12.1. The fourth-order valence-electron chi connectivity index (χ4n) is 5.00. The molecule has 1 heterocycles. The molecule has 6 nitrogen and oxygen atoms in total. The summed E-state index contributed by atoms with van der Waals surface area (Å²) in [6.07, 6.45) is 6.46. The summed E-state index contributed by atoms with van der Waals surface area (Å²) in [5, 5.41) is 0. The number of hydrogen-bond acceptors (Lipinski definition) is 6. The second-order valence-corrected chi connectivity index (χ2v) is 10.1. The Hall–Kier alpha value is -2.09. The fourth-order valence-corrected chi connectivity index (χ4v) is 5.00. The number of carbonyl (C=O) groups excluding carboxylic acids is 1. The molecule has 0 radical (unpaired) electrons. The van der Waals surface area contributed by atoms with Crippen molar-refractivity contribution in [2.75, 3.05) is 6.61 Å². The van der Waals surface area contributed by atoms with Gasteiger partial charge in [-0.15, -0.1) is 0 Å². The van der Waals surface area contributed by atoms with E-state index in [1.807, 2.05) is 60.7 Å². The van der Waals surface area contributed by atoms with Crippen molar-refractivity contribution in [1.82, 2.24) is 0 Å². The van der Waals surface area contributed by atoms with Crippen LogP contribution in [-0.2, 0) is 41.7 Å². The molecular weight excluding hydrogens is 456 g/mol. The topological polar surface area (TPSA) is 63.2 Å². The van der Waals surface area contributed by atoms with E-state index in [2.05, 4.69) is 6.92 Å². The van der Waals surface area contributed by atoms with Gasteiger partial charge in [0, 0.05) is 19.4 Å². The zero-order valence-corrected chi connectivity index (χ0v) is 21.6. The summed E-state index contributed by atoms with van der Waals surface area (Å²) in [6.45, 7) is 5.44. The lowest BCUT2D eigenvalue weighted by Gasteiger charge is -2.23. The lowest BCUT2D eigenvalue weighted by atomic mass is 10.1. The molecule has 1 saturated heterocycles. The summed E-state index contributed by atoms with van der Waals surface area (Å²) in [5.74, 6) is -0.981. The molecule has 0 N–H and O–H groups in total. The van der Waals surface area contributed by atoms with Gasteiger partial charge in [0.15, 0.2) is 24.0 Å². The molecule has 0 bridgehead atoms. The van der Waals surface area contributed by atoms with Gasteiger partial charge < -0.3 is 23.7 Å². The molecule has 1 aliphatic carbocycles. The van der Waals surface area contributed by atoms with Crippen molar-refractivity contribution >= 4 is 6.29 Å². The predicted octanol–water partition coefficient (Wildman–Crippen LogP) is 5.96. The van der Waals surface area contributed by atoms with Crippen molar-refractivity contribution in [2.24, 2.45) is 0 Å². The molecule has 2 aromatic carbocycles. The van der Waals surface area contributed by atoms with Crippen LogP contribution >= 0.6 is 0 Å². The van der Waals surface area contributed by atoms with Crippen molar-refractivity contribution in [1.29, 1.82) is 0 Å². The molecule has 1 aliphatic heterocycles. The van der Waals surface area contributed by atoms with Crippen LogP contribution in [0.25, 0.3) is 0 Å². The number of rotatable bonds is 14. The monoisotopic (exact) mass is 496 g/mol. The summed E-state index contributed by atoms with van der Waals surface area (Å²) < 4.78 is 31.4. The van der Waals surface area contributed by atoms with E-state index in [1.54, 1.807) is 6.92 Å². The van der Waals surface area contributed by atoms with Crippen molar-refractivity contribution in [3.8, 4) is 0 Å². The summed E-state index contributed by atoms with van der Waals surface area (Å²) >= 11 is 0. The minimum Gasteiger partial charge on any atom is -0.375 e. The van der Waals surface area contributed by atoms with E-state index in [9.17, 15) is 4.79 Å². The fraction of sp³-hybridized carbons (Fsp3) is 0.567. The van der Waals surface area contributed by atoms with Crippen LogP contribution in [0.3, 0.4) is 0 Å². The molecule has 2 aromatic rings. The average Bonchev–Trinajstić information content (AvgIpc) is 3.39. The lowest BCUT2D eigenvalue weighted by molar-refractivity contribution is -0.215. The molecule has 36 heavy (non-hydrogen) atoms. The first-order valence-corrected chi connectivity index (χ1v) is 13.3. The number of benzene rings is 2. The summed E-state index contributed by atoms with van der Waals surface area (Å²) in [4.78, 5) is 12.1. The molecule has 2 fully saturated rings. The maximum Gasteiger partial charge on any atom is 0.196 e. The molecule has 2 unspecified atom stereocenters. The van der Waals surface area contributed by atoms with Crippen LogP contribution in [0, 0.1) is 0 Å². The minimum absolute atomic E-state index is 0.177. The first-order chi connectivity index (χ1) is 17.6. The Bertz CT molecular complexity index is 922. The van der Waals surface area contributed by atoms with Crippen molar-refractivity contribution < 1.29 is 28.5 Å². The van der Waals surface area contributed by atoms with Crippen molar-refractivity contribution in [2.45, 2.75) is 102 Å². The average molecular weight is 497 g/mol. The lowest BCUT2D eigenvalue weighted by Crippen LogP contribution is -2.40. The van der Waals surface area contributed by atoms with Crippen molar-refractivity contribution in [3.05, 3.63) is 71.8 Å². The smallest absolute Gasteiger partial charge is 0.196 e. The number of hydrogen-bond donors (Lipinski definition) is 0. The molecule has 5 atom stereocenters. The molecule has 4 rings (SSSR count). The molecule has 2 aliphatic rings. The van der Waals surface area contributed by atoms with Gasteiger partial charge in [-0.05, 0) is 24.5 Å². The highest BCUT2D eigenvalue weighted by Gasteiger charge is 2.61. The van der Waals surface area contributed by atoms with E-state index in [1.165, 1.54) is 19.3 Å². The summed E-state index contributed by atoms with van der Waals surface area (Å²) in [5.41, 5.74) is 0.912. The summed E-state index contributed by atoms with van der Waals surface area (Å²) in [6, 6.07) is 20.0. The number of carbonyl (C=O) groups is 1. The van der Waals surface area contributed by atoms with Gasteiger partial charge in [-0.2, -0.15) is 0 Å². The SMILES string of the molecule is CCCCCCCO[C@@H]1C[C@@]2(C[C@H]1OCc1ccccc1)OC(OCc1ccccc1)C(C)(C=O)O2. The van der Waals surface area contributed by atoms with Gasteiger partial charge in [-0.3, -0.25) is 4.79 Å². The number of unbranched alkanes of at least 4 members (excludes halogenated alkanes) is 4. The van der Waals surface area contributed by atoms with Gasteiger partial charge in [-0.25, -0.2) is 0 Å². The van der Waals surface area contributed by atoms with E-state index in [4.69, 9.17) is 23.7 Å². The molecule has 0 aromatic heterocycles. The molecule has 0 amide bonds. The number of ether oxygens (including phenoxy) is 5. The van der Waals surface area contributed by atoms with Gasteiger partial charge in [0.2, 0.25) is 0 Å². The molecule has 1 saturated carbocycles. The first-order valence-electron chi connectivity index (χ1n) is 13.3. The van der Waals surface area contributed by atoms with E-state index in [0.717, 1.165) is 30.3 Å². The normalized spacial score (nSPS) is 29.7. The molecule has 6 heteroatoms. The Labute approximate surface area is 215 Å². The third-order valence-electron chi connectivity index (χ3n) is 7.00. The van der Waals surface area contributed by atoms with Gasteiger partial charge in [-0.1, -0.05) is 93.3 Å². The minimum atomic E-state index is -1.20. The second kappa shape index (κ2) is 12.9. The van der Waals surface area contributed by atoms with Crippen LogP contribution in [0.5, 0.6) is 0 Å². The van der Waals surface area contributed by atoms with E-state index in [0.29, 0.717) is 32.7 Å².